The number of nitrogens with one attached hydrogen (secondary N) is 1. The van der Waals surface area contributed by atoms with Gasteiger partial charge in [-0.25, -0.2) is 0 Å². The van der Waals surface area contributed by atoms with E-state index < -0.39 is 0 Å². The second-order valence-electron chi connectivity index (χ2n) is 4.78. The molecule has 0 aromatic carbocycles. The highest BCUT2D eigenvalue weighted by molar-refractivity contribution is 5.42. The second-order valence-corrected chi connectivity index (χ2v) is 4.78. The van der Waals surface area contributed by atoms with Crippen molar-refractivity contribution in [3.63, 3.8) is 0 Å². The summed E-state index contributed by atoms with van der Waals surface area (Å²) >= 11 is 0. The van der Waals surface area contributed by atoms with Gasteiger partial charge in [0.2, 0.25) is 0 Å². The van der Waals surface area contributed by atoms with Gasteiger partial charge in [-0.15, -0.1) is 0 Å². The van der Waals surface area contributed by atoms with E-state index in [1.807, 2.05) is 12.3 Å². The molecule has 1 unspecified atom stereocenters. The zero-order valence-corrected chi connectivity index (χ0v) is 10.2. The van der Waals surface area contributed by atoms with Crippen LogP contribution in [0.25, 0.3) is 0 Å². The average molecular weight is 206 g/mol. The Hall–Kier alpha value is -1.05. The first-order chi connectivity index (χ1) is 7.06. The summed E-state index contributed by atoms with van der Waals surface area (Å²) in [4.78, 5) is 4.11. The first-order valence-corrected chi connectivity index (χ1v) is 5.74. The molecule has 1 N–H and O–H groups in total. The molecule has 0 aliphatic heterocycles. The molecule has 0 aliphatic carbocycles. The molecule has 0 fully saturated rings. The Kier molecular flexibility index (Phi) is 4.13. The fourth-order valence-corrected chi connectivity index (χ4v) is 1.73. The third-order valence-corrected chi connectivity index (χ3v) is 3.08. The minimum absolute atomic E-state index is 0.124. The van der Waals surface area contributed by atoms with E-state index in [1.54, 1.807) is 6.20 Å². The quantitative estimate of drug-likeness (QED) is 0.794. The number of nitrogens with zero attached hydrogens (tertiary/aromatic N) is 1. The van der Waals surface area contributed by atoms with Crippen LogP contribution in [0, 0.1) is 5.92 Å². The molecule has 0 saturated carbocycles. The van der Waals surface area contributed by atoms with Crippen molar-refractivity contribution in [2.24, 2.45) is 5.92 Å². The molecule has 1 aromatic rings. The number of aromatic nitrogens is 1. The van der Waals surface area contributed by atoms with Gasteiger partial charge in [-0.3, -0.25) is 4.98 Å². The molecule has 0 amide bonds. The van der Waals surface area contributed by atoms with Crippen LogP contribution < -0.4 is 5.32 Å². The van der Waals surface area contributed by atoms with Gasteiger partial charge in [0.25, 0.3) is 0 Å². The Balaban J connectivity index is 2.63. The number of hydrogen-bond acceptors (Lipinski definition) is 2. The molecule has 0 saturated heterocycles. The SMILES string of the molecule is CCCC(C)C(C)(C)Nc1cccnc1. The van der Waals surface area contributed by atoms with Gasteiger partial charge < -0.3 is 5.32 Å². The zero-order valence-electron chi connectivity index (χ0n) is 10.2. The number of rotatable bonds is 5. The van der Waals surface area contributed by atoms with Crippen molar-refractivity contribution in [3.8, 4) is 0 Å². The Morgan fingerprint density at radius 2 is 2.20 bits per heavy atom. The second kappa shape index (κ2) is 5.15. The Morgan fingerprint density at radius 3 is 2.73 bits per heavy atom. The van der Waals surface area contributed by atoms with Crippen LogP contribution in [-0.2, 0) is 0 Å². The van der Waals surface area contributed by atoms with Gasteiger partial charge in [0, 0.05) is 17.9 Å². The molecule has 2 heteroatoms. The van der Waals surface area contributed by atoms with Gasteiger partial charge in [-0.05, 0) is 38.3 Å². The van der Waals surface area contributed by atoms with Crippen molar-refractivity contribution in [2.45, 2.75) is 46.1 Å². The lowest BCUT2D eigenvalue weighted by Crippen LogP contribution is -2.38. The molecular formula is C13H22N2. The minimum atomic E-state index is 0.124. The summed E-state index contributed by atoms with van der Waals surface area (Å²) in [5.74, 6) is 0.655. The van der Waals surface area contributed by atoms with E-state index in [0.717, 1.165) is 5.69 Å². The standard InChI is InChI=1S/C13H22N2/c1-5-7-11(2)13(3,4)15-12-8-6-9-14-10-12/h6,8-11,15H,5,7H2,1-4H3. The maximum Gasteiger partial charge on any atom is 0.0530 e. The molecule has 0 aliphatic rings. The van der Waals surface area contributed by atoms with E-state index in [-0.39, 0.29) is 5.54 Å². The van der Waals surface area contributed by atoms with Gasteiger partial charge in [-0.2, -0.15) is 0 Å². The van der Waals surface area contributed by atoms with Crippen molar-refractivity contribution in [2.75, 3.05) is 5.32 Å². The molecule has 1 aromatic heterocycles. The van der Waals surface area contributed by atoms with Crippen LogP contribution in [0.2, 0.25) is 0 Å². The number of anilines is 1. The van der Waals surface area contributed by atoms with Crippen LogP contribution in [-0.4, -0.2) is 10.5 Å². The predicted molar refractivity (Wildman–Crippen MR) is 66.0 cm³/mol. The Labute approximate surface area is 93.1 Å². The van der Waals surface area contributed by atoms with E-state index in [4.69, 9.17) is 0 Å². The van der Waals surface area contributed by atoms with Crippen LogP contribution in [0.15, 0.2) is 24.5 Å². The Morgan fingerprint density at radius 1 is 1.47 bits per heavy atom. The largest absolute Gasteiger partial charge is 0.379 e. The van der Waals surface area contributed by atoms with Crippen LogP contribution in [0.5, 0.6) is 0 Å². The topological polar surface area (TPSA) is 24.9 Å². The lowest BCUT2D eigenvalue weighted by Gasteiger charge is -2.33. The first kappa shape index (κ1) is 12.0. The molecule has 0 spiro atoms. The summed E-state index contributed by atoms with van der Waals surface area (Å²) in [5, 5.41) is 3.54. The van der Waals surface area contributed by atoms with Gasteiger partial charge in [0.05, 0.1) is 5.69 Å². The molecule has 0 radical (unpaired) electrons. The first-order valence-electron chi connectivity index (χ1n) is 5.74. The highest BCUT2D eigenvalue weighted by atomic mass is 15.0. The third kappa shape index (κ3) is 3.54. The van der Waals surface area contributed by atoms with E-state index in [1.165, 1.54) is 12.8 Å². The molecule has 15 heavy (non-hydrogen) atoms. The molecular weight excluding hydrogens is 184 g/mol. The molecule has 1 rings (SSSR count). The molecule has 0 bridgehead atoms. The maximum atomic E-state index is 4.11. The number of pyridine rings is 1. The monoisotopic (exact) mass is 206 g/mol. The summed E-state index contributed by atoms with van der Waals surface area (Å²) in [6.45, 7) is 9.03. The average Bonchev–Trinajstić information content (AvgIpc) is 2.19. The smallest absolute Gasteiger partial charge is 0.0530 e. The van der Waals surface area contributed by atoms with E-state index >= 15 is 0 Å². The molecule has 84 valence electrons. The van der Waals surface area contributed by atoms with Crippen LogP contribution in [0.3, 0.4) is 0 Å². The molecule has 1 atom stereocenters. The van der Waals surface area contributed by atoms with E-state index in [2.05, 4.69) is 44.1 Å². The molecule has 2 nitrogen and oxygen atoms in total. The van der Waals surface area contributed by atoms with Gasteiger partial charge >= 0.3 is 0 Å². The zero-order chi connectivity index (χ0) is 11.3. The van der Waals surface area contributed by atoms with Crippen molar-refractivity contribution < 1.29 is 0 Å². The van der Waals surface area contributed by atoms with Crippen LogP contribution in [0.1, 0.15) is 40.5 Å². The number of hydrogen-bond donors (Lipinski definition) is 1. The lowest BCUT2D eigenvalue weighted by atomic mass is 9.85. The van der Waals surface area contributed by atoms with Crippen molar-refractivity contribution in [3.05, 3.63) is 24.5 Å². The van der Waals surface area contributed by atoms with Gasteiger partial charge in [0.1, 0.15) is 0 Å². The lowest BCUT2D eigenvalue weighted by molar-refractivity contribution is 0.352. The fourth-order valence-electron chi connectivity index (χ4n) is 1.73. The minimum Gasteiger partial charge on any atom is -0.379 e. The predicted octanol–water partition coefficient (Wildman–Crippen LogP) is 3.71. The van der Waals surface area contributed by atoms with Crippen molar-refractivity contribution >= 4 is 5.69 Å². The van der Waals surface area contributed by atoms with Gasteiger partial charge in [0.15, 0.2) is 0 Å². The summed E-state index contributed by atoms with van der Waals surface area (Å²) in [7, 11) is 0. The summed E-state index contributed by atoms with van der Waals surface area (Å²) in [6.07, 6.45) is 6.16. The van der Waals surface area contributed by atoms with Crippen LogP contribution >= 0.6 is 0 Å². The fraction of sp³-hybridized carbons (Fsp3) is 0.615. The highest BCUT2D eigenvalue weighted by Gasteiger charge is 2.24. The van der Waals surface area contributed by atoms with E-state index in [9.17, 15) is 0 Å². The Bertz CT molecular complexity index is 280. The van der Waals surface area contributed by atoms with E-state index in [0.29, 0.717) is 5.92 Å². The third-order valence-electron chi connectivity index (χ3n) is 3.08. The van der Waals surface area contributed by atoms with Crippen molar-refractivity contribution in [1.29, 1.82) is 0 Å². The summed E-state index contributed by atoms with van der Waals surface area (Å²) in [6, 6.07) is 4.02. The van der Waals surface area contributed by atoms with Gasteiger partial charge in [-0.1, -0.05) is 20.3 Å². The summed E-state index contributed by atoms with van der Waals surface area (Å²) in [5.41, 5.74) is 1.23. The van der Waals surface area contributed by atoms with Crippen LogP contribution in [0.4, 0.5) is 5.69 Å². The van der Waals surface area contributed by atoms with Crippen molar-refractivity contribution in [1.82, 2.24) is 4.98 Å². The summed E-state index contributed by atoms with van der Waals surface area (Å²) < 4.78 is 0. The molecule has 1 heterocycles. The maximum absolute atomic E-state index is 4.11. The normalized spacial score (nSPS) is 13.6. The highest BCUT2D eigenvalue weighted by Crippen LogP contribution is 2.25.